The van der Waals surface area contributed by atoms with E-state index in [2.05, 4.69) is 25.8 Å². The first-order valence-electron chi connectivity index (χ1n) is 7.75. The van der Waals surface area contributed by atoms with Crippen LogP contribution in [0.15, 0.2) is 33.8 Å². The molecule has 2 N–H and O–H groups in total. The average molecular weight is 480 g/mol. The minimum atomic E-state index is 0. The number of hydrogen-bond acceptors (Lipinski definition) is 5. The lowest BCUT2D eigenvalue weighted by atomic mass is 10.2. The highest BCUT2D eigenvalue weighted by molar-refractivity contribution is 14.0. The van der Waals surface area contributed by atoms with Gasteiger partial charge < -0.3 is 19.9 Å². The lowest BCUT2D eigenvalue weighted by Crippen LogP contribution is -2.39. The van der Waals surface area contributed by atoms with Crippen LogP contribution in [0, 0.1) is 0 Å². The molecule has 1 heterocycles. The van der Waals surface area contributed by atoms with Gasteiger partial charge in [0, 0.05) is 50.9 Å². The number of benzene rings is 1. The number of halogens is 2. The van der Waals surface area contributed by atoms with E-state index in [1.807, 2.05) is 12.1 Å². The molecule has 2 rings (SSSR count). The Kier molecular flexibility index (Phi) is 10.4. The highest BCUT2D eigenvalue weighted by atomic mass is 127. The Morgan fingerprint density at radius 3 is 2.64 bits per heavy atom. The number of nitrogens with one attached hydrogen (secondary N) is 2. The second-order valence-electron chi connectivity index (χ2n) is 5.04. The molecule has 0 unspecified atom stereocenters. The van der Waals surface area contributed by atoms with Gasteiger partial charge in [-0.3, -0.25) is 4.99 Å². The monoisotopic (exact) mass is 479 g/mol. The molecule has 0 radical (unpaired) electrons. The van der Waals surface area contributed by atoms with Gasteiger partial charge in [-0.25, -0.2) is 0 Å². The molecular formula is C16H23ClIN5O2. The zero-order valence-electron chi connectivity index (χ0n) is 14.3. The van der Waals surface area contributed by atoms with Crippen molar-refractivity contribution in [3.05, 3.63) is 35.2 Å². The predicted octanol–water partition coefficient (Wildman–Crippen LogP) is 2.75. The molecule has 2 aromatic rings. The smallest absolute Gasteiger partial charge is 0.228 e. The Morgan fingerprint density at radius 1 is 1.24 bits per heavy atom. The van der Waals surface area contributed by atoms with Gasteiger partial charge in [0.25, 0.3) is 0 Å². The van der Waals surface area contributed by atoms with Crippen LogP contribution in [0.5, 0.6) is 0 Å². The highest BCUT2D eigenvalue weighted by Crippen LogP contribution is 2.18. The molecule has 138 valence electrons. The SMILES string of the molecule is CN=C(NCCCOC)NCCc1nc(-c2ccc(Cl)cc2)no1.I. The molecule has 1 aromatic heterocycles. The van der Waals surface area contributed by atoms with E-state index in [1.54, 1.807) is 26.3 Å². The van der Waals surface area contributed by atoms with E-state index >= 15 is 0 Å². The topological polar surface area (TPSA) is 84.6 Å². The molecule has 0 atom stereocenters. The van der Waals surface area contributed by atoms with Gasteiger partial charge in [-0.2, -0.15) is 4.98 Å². The third kappa shape index (κ3) is 7.57. The van der Waals surface area contributed by atoms with Crippen LogP contribution in [0.4, 0.5) is 0 Å². The summed E-state index contributed by atoms with van der Waals surface area (Å²) < 4.78 is 10.3. The van der Waals surface area contributed by atoms with Crippen molar-refractivity contribution in [2.45, 2.75) is 12.8 Å². The van der Waals surface area contributed by atoms with Crippen molar-refractivity contribution in [2.75, 3.05) is 33.9 Å². The fourth-order valence-electron chi connectivity index (χ4n) is 2.00. The van der Waals surface area contributed by atoms with Gasteiger partial charge >= 0.3 is 0 Å². The molecule has 0 bridgehead atoms. The number of aromatic nitrogens is 2. The van der Waals surface area contributed by atoms with E-state index in [0.717, 1.165) is 31.1 Å². The summed E-state index contributed by atoms with van der Waals surface area (Å²) in [6, 6.07) is 7.32. The Labute approximate surface area is 169 Å². The van der Waals surface area contributed by atoms with Crippen molar-refractivity contribution in [1.82, 2.24) is 20.8 Å². The van der Waals surface area contributed by atoms with Gasteiger partial charge in [-0.1, -0.05) is 16.8 Å². The summed E-state index contributed by atoms with van der Waals surface area (Å²) in [5.41, 5.74) is 0.873. The van der Waals surface area contributed by atoms with Crippen LogP contribution in [0.25, 0.3) is 11.4 Å². The Bertz CT molecular complexity index is 648. The molecule has 9 heteroatoms. The summed E-state index contributed by atoms with van der Waals surface area (Å²) in [6.07, 6.45) is 1.53. The van der Waals surface area contributed by atoms with E-state index in [0.29, 0.717) is 29.7 Å². The molecule has 1 aromatic carbocycles. The maximum absolute atomic E-state index is 5.87. The maximum atomic E-state index is 5.87. The van der Waals surface area contributed by atoms with E-state index in [4.69, 9.17) is 20.9 Å². The molecule has 0 fully saturated rings. The van der Waals surface area contributed by atoms with Crippen LogP contribution < -0.4 is 10.6 Å². The summed E-state index contributed by atoms with van der Waals surface area (Å²) in [7, 11) is 3.42. The Balaban J connectivity index is 0.00000312. The Hall–Kier alpha value is -1.39. The lowest BCUT2D eigenvalue weighted by Gasteiger charge is -2.10. The predicted molar refractivity (Wildman–Crippen MR) is 110 cm³/mol. The third-order valence-corrected chi connectivity index (χ3v) is 3.50. The number of rotatable bonds is 8. The van der Waals surface area contributed by atoms with Gasteiger partial charge in [0.1, 0.15) is 0 Å². The molecule has 0 aliphatic carbocycles. The van der Waals surface area contributed by atoms with Crippen LogP contribution in [-0.2, 0) is 11.2 Å². The second kappa shape index (κ2) is 12.0. The van der Waals surface area contributed by atoms with Crippen molar-refractivity contribution in [1.29, 1.82) is 0 Å². The van der Waals surface area contributed by atoms with Crippen LogP contribution in [0.1, 0.15) is 12.3 Å². The van der Waals surface area contributed by atoms with E-state index in [1.165, 1.54) is 0 Å². The molecular weight excluding hydrogens is 457 g/mol. The normalized spacial score (nSPS) is 11.1. The standard InChI is InChI=1S/C16H22ClN5O2.HI/c1-18-16(19-9-3-11-23-2)20-10-8-14-21-15(22-24-14)12-4-6-13(17)7-5-12;/h4-7H,3,8-11H2,1-2H3,(H2,18,19,20);1H. The Morgan fingerprint density at radius 2 is 1.96 bits per heavy atom. The molecule has 0 saturated carbocycles. The highest BCUT2D eigenvalue weighted by Gasteiger charge is 2.08. The van der Waals surface area contributed by atoms with Gasteiger partial charge in [-0.15, -0.1) is 24.0 Å². The molecule has 0 aliphatic heterocycles. The summed E-state index contributed by atoms with van der Waals surface area (Å²) in [4.78, 5) is 8.53. The summed E-state index contributed by atoms with van der Waals surface area (Å²) in [6.45, 7) is 2.17. The number of hydrogen-bond donors (Lipinski definition) is 2. The molecule has 0 amide bonds. The minimum Gasteiger partial charge on any atom is -0.385 e. The van der Waals surface area contributed by atoms with E-state index in [-0.39, 0.29) is 24.0 Å². The van der Waals surface area contributed by atoms with Gasteiger partial charge in [0.2, 0.25) is 11.7 Å². The van der Waals surface area contributed by atoms with Gasteiger partial charge in [-0.05, 0) is 30.7 Å². The molecule has 7 nitrogen and oxygen atoms in total. The fourth-order valence-corrected chi connectivity index (χ4v) is 2.13. The first kappa shape index (κ1) is 21.7. The van der Waals surface area contributed by atoms with Crippen LogP contribution in [-0.4, -0.2) is 50.0 Å². The van der Waals surface area contributed by atoms with Crippen molar-refractivity contribution >= 4 is 41.5 Å². The van der Waals surface area contributed by atoms with E-state index in [9.17, 15) is 0 Å². The zero-order valence-corrected chi connectivity index (χ0v) is 17.4. The lowest BCUT2D eigenvalue weighted by molar-refractivity contribution is 0.195. The number of guanidine groups is 1. The van der Waals surface area contributed by atoms with Crippen molar-refractivity contribution < 1.29 is 9.26 Å². The molecule has 0 saturated heterocycles. The zero-order chi connectivity index (χ0) is 17.2. The van der Waals surface area contributed by atoms with Crippen molar-refractivity contribution in [3.63, 3.8) is 0 Å². The molecule has 25 heavy (non-hydrogen) atoms. The van der Waals surface area contributed by atoms with Crippen molar-refractivity contribution in [2.24, 2.45) is 4.99 Å². The number of methoxy groups -OCH3 is 1. The first-order chi connectivity index (χ1) is 11.7. The maximum Gasteiger partial charge on any atom is 0.228 e. The number of aliphatic imine (C=N–C) groups is 1. The third-order valence-electron chi connectivity index (χ3n) is 3.24. The quantitative estimate of drug-likeness (QED) is 0.262. The molecule has 0 spiro atoms. The fraction of sp³-hybridized carbons (Fsp3) is 0.438. The van der Waals surface area contributed by atoms with Crippen molar-refractivity contribution in [3.8, 4) is 11.4 Å². The second-order valence-corrected chi connectivity index (χ2v) is 5.48. The summed E-state index contributed by atoms with van der Waals surface area (Å²) in [5.74, 6) is 1.87. The van der Waals surface area contributed by atoms with E-state index < -0.39 is 0 Å². The molecule has 0 aliphatic rings. The largest absolute Gasteiger partial charge is 0.385 e. The van der Waals surface area contributed by atoms with Crippen LogP contribution in [0.2, 0.25) is 5.02 Å². The summed E-state index contributed by atoms with van der Waals surface area (Å²) in [5, 5.41) is 11.1. The van der Waals surface area contributed by atoms with Crippen LogP contribution >= 0.6 is 35.6 Å². The average Bonchev–Trinajstić information content (AvgIpc) is 3.06. The number of ether oxygens (including phenoxy) is 1. The van der Waals surface area contributed by atoms with Crippen LogP contribution in [0.3, 0.4) is 0 Å². The first-order valence-corrected chi connectivity index (χ1v) is 8.12. The minimum absolute atomic E-state index is 0. The van der Waals surface area contributed by atoms with Gasteiger partial charge in [0.05, 0.1) is 0 Å². The number of nitrogens with zero attached hydrogens (tertiary/aromatic N) is 3. The van der Waals surface area contributed by atoms with Gasteiger partial charge in [0.15, 0.2) is 5.96 Å². The summed E-state index contributed by atoms with van der Waals surface area (Å²) >= 11 is 5.87.